The molecule has 2 heterocycles. The van der Waals surface area contributed by atoms with Gasteiger partial charge >= 0.3 is 6.18 Å². The molecule has 1 aromatic carbocycles. The quantitative estimate of drug-likeness (QED) is 0.579. The van der Waals surface area contributed by atoms with Gasteiger partial charge in [-0.25, -0.2) is 0 Å². The fourth-order valence-electron chi connectivity index (χ4n) is 4.30. The number of alkyl halides is 3. The van der Waals surface area contributed by atoms with Crippen molar-refractivity contribution in [3.63, 3.8) is 0 Å². The average Bonchev–Trinajstić information content (AvgIpc) is 3.46. The van der Waals surface area contributed by atoms with Crippen LogP contribution in [-0.4, -0.2) is 47.4 Å². The van der Waals surface area contributed by atoms with Crippen LogP contribution < -0.4 is 5.32 Å². The Morgan fingerprint density at radius 3 is 2.81 bits per heavy atom. The van der Waals surface area contributed by atoms with Gasteiger partial charge in [0.05, 0.1) is 37.0 Å². The maximum atomic E-state index is 13.1. The minimum Gasteiger partial charge on any atom is -0.370 e. The number of nitrogens with one attached hydrogen (secondary N) is 1. The van der Waals surface area contributed by atoms with Gasteiger partial charge in [-0.15, -0.1) is 0 Å². The van der Waals surface area contributed by atoms with E-state index in [0.717, 1.165) is 11.8 Å². The Kier molecular flexibility index (Phi) is 6.50. The highest BCUT2D eigenvalue weighted by Crippen LogP contribution is 2.32. The summed E-state index contributed by atoms with van der Waals surface area (Å²) < 4.78 is 47.0. The SMILES string of the molecule is CN=C(NCc1ccn(C2CCCC2)n1)N1CCOC(c2cccc(C(F)(F)F)c2)C1. The summed E-state index contributed by atoms with van der Waals surface area (Å²) in [6.07, 6.45) is 2.10. The van der Waals surface area contributed by atoms with E-state index in [4.69, 9.17) is 4.74 Å². The van der Waals surface area contributed by atoms with Gasteiger partial charge in [0.1, 0.15) is 6.10 Å². The summed E-state index contributed by atoms with van der Waals surface area (Å²) in [6, 6.07) is 7.86. The summed E-state index contributed by atoms with van der Waals surface area (Å²) in [6.45, 7) is 2.00. The predicted octanol–water partition coefficient (Wildman–Crippen LogP) is 4.17. The third-order valence-electron chi connectivity index (χ3n) is 5.95. The second-order valence-electron chi connectivity index (χ2n) is 8.05. The number of rotatable bonds is 4. The summed E-state index contributed by atoms with van der Waals surface area (Å²) in [5, 5.41) is 8.02. The van der Waals surface area contributed by atoms with Crippen LogP contribution in [0.2, 0.25) is 0 Å². The van der Waals surface area contributed by atoms with Crippen LogP contribution in [0.15, 0.2) is 41.5 Å². The highest BCUT2D eigenvalue weighted by atomic mass is 19.4. The average molecular weight is 435 g/mol. The summed E-state index contributed by atoms with van der Waals surface area (Å²) in [4.78, 5) is 6.37. The van der Waals surface area contributed by atoms with Gasteiger partial charge in [-0.3, -0.25) is 9.67 Å². The molecule has 1 aromatic heterocycles. The number of ether oxygens (including phenoxy) is 1. The van der Waals surface area contributed by atoms with Crippen molar-refractivity contribution in [2.75, 3.05) is 26.7 Å². The van der Waals surface area contributed by atoms with E-state index in [1.54, 1.807) is 13.1 Å². The molecule has 1 saturated heterocycles. The molecule has 2 aromatic rings. The molecule has 2 aliphatic rings. The van der Waals surface area contributed by atoms with Crippen LogP contribution in [0.1, 0.15) is 54.6 Å². The van der Waals surface area contributed by atoms with Crippen molar-refractivity contribution >= 4 is 5.96 Å². The standard InChI is InChI=1S/C22H28F3N5O/c1-26-21(27-14-18-9-10-30(28-18)19-7-2-3-8-19)29-11-12-31-20(15-29)16-5-4-6-17(13-16)22(23,24)25/h4-6,9-10,13,19-20H,2-3,7-8,11-12,14-15H2,1H3,(H,26,27). The number of nitrogens with zero attached hydrogens (tertiary/aromatic N) is 4. The van der Waals surface area contributed by atoms with Gasteiger partial charge in [0.2, 0.25) is 0 Å². The van der Waals surface area contributed by atoms with Crippen LogP contribution >= 0.6 is 0 Å². The summed E-state index contributed by atoms with van der Waals surface area (Å²) in [5.74, 6) is 0.690. The Bertz CT molecular complexity index is 905. The second kappa shape index (κ2) is 9.30. The smallest absolute Gasteiger partial charge is 0.370 e. The van der Waals surface area contributed by atoms with Crippen molar-refractivity contribution in [2.24, 2.45) is 4.99 Å². The van der Waals surface area contributed by atoms with Crippen molar-refractivity contribution in [3.8, 4) is 0 Å². The molecule has 6 nitrogen and oxygen atoms in total. The first-order valence-electron chi connectivity index (χ1n) is 10.7. The zero-order valence-corrected chi connectivity index (χ0v) is 17.6. The number of halogens is 3. The predicted molar refractivity (Wildman–Crippen MR) is 112 cm³/mol. The van der Waals surface area contributed by atoms with Crippen LogP contribution in [-0.2, 0) is 17.5 Å². The Morgan fingerprint density at radius 2 is 2.06 bits per heavy atom. The van der Waals surface area contributed by atoms with E-state index >= 15 is 0 Å². The van der Waals surface area contributed by atoms with Crippen molar-refractivity contribution < 1.29 is 17.9 Å². The number of morpholine rings is 1. The highest BCUT2D eigenvalue weighted by molar-refractivity contribution is 5.80. The van der Waals surface area contributed by atoms with Crippen LogP contribution in [0.25, 0.3) is 0 Å². The molecule has 1 saturated carbocycles. The third-order valence-corrected chi connectivity index (χ3v) is 5.95. The van der Waals surface area contributed by atoms with Crippen molar-refractivity contribution in [1.82, 2.24) is 20.0 Å². The molecule has 168 valence electrons. The fourth-order valence-corrected chi connectivity index (χ4v) is 4.30. The van der Waals surface area contributed by atoms with E-state index in [1.807, 2.05) is 17.2 Å². The van der Waals surface area contributed by atoms with Gasteiger partial charge in [0, 0.05) is 19.8 Å². The molecule has 1 atom stereocenters. The number of aromatic nitrogens is 2. The zero-order valence-electron chi connectivity index (χ0n) is 17.6. The molecule has 0 bridgehead atoms. The van der Waals surface area contributed by atoms with Gasteiger partial charge in [-0.1, -0.05) is 25.0 Å². The van der Waals surface area contributed by atoms with E-state index < -0.39 is 17.8 Å². The molecule has 1 N–H and O–H groups in total. The lowest BCUT2D eigenvalue weighted by Gasteiger charge is -2.35. The molecule has 4 rings (SSSR count). The van der Waals surface area contributed by atoms with Crippen molar-refractivity contribution in [2.45, 2.75) is 50.6 Å². The lowest BCUT2D eigenvalue weighted by Crippen LogP contribution is -2.48. The third kappa shape index (κ3) is 5.20. The highest BCUT2D eigenvalue weighted by Gasteiger charge is 2.32. The molecule has 0 spiro atoms. The van der Waals surface area contributed by atoms with E-state index in [1.165, 1.54) is 37.8 Å². The van der Waals surface area contributed by atoms with E-state index in [2.05, 4.69) is 20.1 Å². The topological polar surface area (TPSA) is 54.7 Å². The Morgan fingerprint density at radius 1 is 1.26 bits per heavy atom. The lowest BCUT2D eigenvalue weighted by molar-refractivity contribution is -0.137. The molecule has 0 radical (unpaired) electrons. The Hall–Kier alpha value is -2.55. The first-order chi connectivity index (χ1) is 14.9. The molecular weight excluding hydrogens is 407 g/mol. The van der Waals surface area contributed by atoms with Crippen LogP contribution in [0.3, 0.4) is 0 Å². The molecular formula is C22H28F3N5O. The van der Waals surface area contributed by atoms with Gasteiger partial charge < -0.3 is 15.0 Å². The first kappa shape index (κ1) is 21.7. The monoisotopic (exact) mass is 435 g/mol. The molecule has 1 aliphatic heterocycles. The molecule has 2 fully saturated rings. The Labute approximate surface area is 180 Å². The van der Waals surface area contributed by atoms with E-state index in [9.17, 15) is 13.2 Å². The maximum absolute atomic E-state index is 13.1. The van der Waals surface area contributed by atoms with E-state index in [-0.39, 0.29) is 0 Å². The largest absolute Gasteiger partial charge is 0.416 e. The summed E-state index contributed by atoms with van der Waals surface area (Å²) >= 11 is 0. The van der Waals surface area contributed by atoms with Gasteiger partial charge in [-0.2, -0.15) is 18.3 Å². The summed E-state index contributed by atoms with van der Waals surface area (Å²) in [5.41, 5.74) is 0.798. The van der Waals surface area contributed by atoms with Gasteiger partial charge in [-0.05, 0) is 36.6 Å². The van der Waals surface area contributed by atoms with E-state index in [0.29, 0.717) is 43.8 Å². The molecule has 1 unspecified atom stereocenters. The number of aliphatic imine (C=N–C) groups is 1. The second-order valence-corrected chi connectivity index (χ2v) is 8.05. The fraction of sp³-hybridized carbons (Fsp3) is 0.545. The lowest BCUT2D eigenvalue weighted by atomic mass is 10.0. The molecule has 0 amide bonds. The number of hydrogen-bond donors (Lipinski definition) is 1. The molecule has 9 heteroatoms. The maximum Gasteiger partial charge on any atom is 0.416 e. The van der Waals surface area contributed by atoms with Gasteiger partial charge in [0.15, 0.2) is 5.96 Å². The normalized spacial score (nSPS) is 21.0. The van der Waals surface area contributed by atoms with Crippen molar-refractivity contribution in [3.05, 3.63) is 53.3 Å². The number of benzene rings is 1. The van der Waals surface area contributed by atoms with Crippen LogP contribution in [0, 0.1) is 0 Å². The van der Waals surface area contributed by atoms with Crippen molar-refractivity contribution in [1.29, 1.82) is 0 Å². The zero-order chi connectivity index (χ0) is 21.8. The van der Waals surface area contributed by atoms with Gasteiger partial charge in [0.25, 0.3) is 0 Å². The minimum atomic E-state index is -4.37. The molecule has 1 aliphatic carbocycles. The first-order valence-corrected chi connectivity index (χ1v) is 10.7. The minimum absolute atomic E-state index is 0.415. The number of guanidine groups is 1. The Balaban J connectivity index is 1.38. The summed E-state index contributed by atoms with van der Waals surface area (Å²) in [7, 11) is 1.70. The molecule has 31 heavy (non-hydrogen) atoms. The van der Waals surface area contributed by atoms with Crippen LogP contribution in [0.4, 0.5) is 13.2 Å². The van der Waals surface area contributed by atoms with Crippen LogP contribution in [0.5, 0.6) is 0 Å². The number of hydrogen-bond acceptors (Lipinski definition) is 3.